The predicted molar refractivity (Wildman–Crippen MR) is 87.1 cm³/mol. The van der Waals surface area contributed by atoms with Crippen molar-refractivity contribution in [3.63, 3.8) is 0 Å². The van der Waals surface area contributed by atoms with Gasteiger partial charge in [-0.15, -0.1) is 11.8 Å². The summed E-state index contributed by atoms with van der Waals surface area (Å²) in [6, 6.07) is 1.83. The lowest BCUT2D eigenvalue weighted by Crippen LogP contribution is -2.32. The quantitative estimate of drug-likeness (QED) is 0.749. The van der Waals surface area contributed by atoms with E-state index in [0.29, 0.717) is 23.2 Å². The second-order valence-corrected chi connectivity index (χ2v) is 7.33. The van der Waals surface area contributed by atoms with E-state index in [4.69, 9.17) is 4.74 Å². The zero-order valence-electron chi connectivity index (χ0n) is 12.0. The Kier molecular flexibility index (Phi) is 6.23. The molecule has 0 N–H and O–H groups in total. The maximum absolute atomic E-state index is 12.7. The van der Waals surface area contributed by atoms with Crippen molar-refractivity contribution >= 4 is 29.3 Å². The summed E-state index contributed by atoms with van der Waals surface area (Å²) in [6.45, 7) is 4.87. The summed E-state index contributed by atoms with van der Waals surface area (Å²) in [7, 11) is 0. The first-order chi connectivity index (χ1) is 9.76. The molecule has 110 valence electrons. The molecule has 0 aliphatic carbocycles. The van der Waals surface area contributed by atoms with Crippen LogP contribution in [0.15, 0.2) is 18.5 Å². The van der Waals surface area contributed by atoms with E-state index in [9.17, 15) is 4.79 Å². The number of carbonyl (C=O) groups is 1. The van der Waals surface area contributed by atoms with Crippen LogP contribution in [0, 0.1) is 0 Å². The number of hydrogen-bond acceptors (Lipinski definition) is 5. The van der Waals surface area contributed by atoms with Crippen molar-refractivity contribution in [3.05, 3.63) is 24.0 Å². The Labute approximate surface area is 129 Å². The second kappa shape index (κ2) is 7.93. The van der Waals surface area contributed by atoms with E-state index in [0.717, 1.165) is 24.3 Å². The lowest BCUT2D eigenvalue weighted by Gasteiger charge is -2.28. The van der Waals surface area contributed by atoms with Crippen LogP contribution in [-0.2, 0) is 0 Å². The molecule has 1 aromatic rings. The lowest BCUT2D eigenvalue weighted by molar-refractivity contribution is 0.0987. The highest BCUT2D eigenvalue weighted by atomic mass is 32.2. The Morgan fingerprint density at radius 1 is 1.35 bits per heavy atom. The van der Waals surface area contributed by atoms with Crippen molar-refractivity contribution < 1.29 is 9.53 Å². The largest absolute Gasteiger partial charge is 0.492 e. The molecule has 5 heteroatoms. The van der Waals surface area contributed by atoms with Crippen molar-refractivity contribution in [2.75, 3.05) is 18.1 Å². The third kappa shape index (κ3) is 3.92. The highest BCUT2D eigenvalue weighted by Gasteiger charge is 2.31. The van der Waals surface area contributed by atoms with Gasteiger partial charge in [0.2, 0.25) is 0 Å². The van der Waals surface area contributed by atoms with Crippen LogP contribution in [0.1, 0.15) is 37.0 Å². The van der Waals surface area contributed by atoms with E-state index in [1.165, 1.54) is 0 Å². The van der Waals surface area contributed by atoms with E-state index in [1.807, 2.05) is 17.8 Å². The summed E-state index contributed by atoms with van der Waals surface area (Å²) < 4.78 is 5.56. The van der Waals surface area contributed by atoms with E-state index < -0.39 is 0 Å². The normalized spacial score (nSPS) is 22.5. The molecule has 0 amide bonds. The maximum atomic E-state index is 12.7. The summed E-state index contributed by atoms with van der Waals surface area (Å²) >= 11 is 3.70. The second-order valence-electron chi connectivity index (χ2n) is 4.73. The van der Waals surface area contributed by atoms with Crippen LogP contribution in [-0.4, -0.2) is 39.4 Å². The van der Waals surface area contributed by atoms with Gasteiger partial charge in [-0.25, -0.2) is 0 Å². The molecule has 3 nitrogen and oxygen atoms in total. The van der Waals surface area contributed by atoms with Gasteiger partial charge in [0.05, 0.1) is 18.1 Å². The molecule has 2 atom stereocenters. The Balaban J connectivity index is 2.11. The Bertz CT molecular complexity index is 453. The van der Waals surface area contributed by atoms with Gasteiger partial charge in [-0.1, -0.05) is 13.8 Å². The number of nitrogens with zero attached hydrogens (tertiary/aromatic N) is 1. The Morgan fingerprint density at radius 2 is 2.15 bits per heavy atom. The van der Waals surface area contributed by atoms with Crippen molar-refractivity contribution in [1.29, 1.82) is 0 Å². The minimum Gasteiger partial charge on any atom is -0.492 e. The van der Waals surface area contributed by atoms with Gasteiger partial charge in [0, 0.05) is 28.5 Å². The van der Waals surface area contributed by atoms with Crippen LogP contribution in [0.2, 0.25) is 0 Å². The summed E-state index contributed by atoms with van der Waals surface area (Å²) in [4.78, 5) is 16.8. The first-order valence-corrected chi connectivity index (χ1v) is 9.21. The number of thioether (sulfide) groups is 2. The minimum absolute atomic E-state index is 0.0574. The van der Waals surface area contributed by atoms with Gasteiger partial charge < -0.3 is 4.74 Å². The zero-order valence-corrected chi connectivity index (χ0v) is 13.6. The number of pyridine rings is 1. The molecule has 1 fully saturated rings. The number of hydrogen-bond donors (Lipinski definition) is 0. The number of carbonyl (C=O) groups excluding carboxylic acids is 1. The average Bonchev–Trinajstić information content (AvgIpc) is 2.52. The van der Waals surface area contributed by atoms with Gasteiger partial charge >= 0.3 is 0 Å². The molecule has 0 aromatic carbocycles. The fourth-order valence-corrected chi connectivity index (χ4v) is 5.19. The van der Waals surface area contributed by atoms with Crippen LogP contribution in [0.5, 0.6) is 5.75 Å². The molecule has 0 spiro atoms. The number of rotatable bonds is 6. The van der Waals surface area contributed by atoms with E-state index in [1.54, 1.807) is 24.2 Å². The standard InChI is InChI=1S/C15H21NO2S2/c1-3-5-18-12-8-11(9-16-10-12)14(17)15-13(4-2)19-6-7-20-15/h8-10,13,15H,3-7H2,1-2H3. The zero-order chi connectivity index (χ0) is 14.4. The highest BCUT2D eigenvalue weighted by molar-refractivity contribution is 8.07. The molecule has 2 unspecified atom stereocenters. The fourth-order valence-electron chi connectivity index (χ4n) is 2.16. The molecule has 2 heterocycles. The molecule has 20 heavy (non-hydrogen) atoms. The van der Waals surface area contributed by atoms with Gasteiger partial charge in [-0.05, 0) is 18.9 Å². The van der Waals surface area contributed by atoms with Gasteiger partial charge in [0.1, 0.15) is 5.75 Å². The molecule has 0 radical (unpaired) electrons. The van der Waals surface area contributed by atoms with E-state index >= 15 is 0 Å². The molecule has 1 aliphatic heterocycles. The van der Waals surface area contributed by atoms with E-state index in [-0.39, 0.29) is 11.0 Å². The maximum Gasteiger partial charge on any atom is 0.178 e. The molecular weight excluding hydrogens is 290 g/mol. The number of ether oxygens (including phenoxy) is 1. The summed E-state index contributed by atoms with van der Waals surface area (Å²) in [5.41, 5.74) is 0.678. The minimum atomic E-state index is 0.0574. The van der Waals surface area contributed by atoms with E-state index in [2.05, 4.69) is 18.8 Å². The summed E-state index contributed by atoms with van der Waals surface area (Å²) in [5.74, 6) is 3.09. The Hall–Kier alpha value is -0.680. The van der Waals surface area contributed by atoms with Crippen LogP contribution in [0.25, 0.3) is 0 Å². The van der Waals surface area contributed by atoms with Crippen LogP contribution < -0.4 is 4.74 Å². The number of ketones is 1. The third-order valence-electron chi connectivity index (χ3n) is 3.18. The predicted octanol–water partition coefficient (Wildman–Crippen LogP) is 3.68. The van der Waals surface area contributed by atoms with Crippen molar-refractivity contribution in [3.8, 4) is 5.75 Å². The molecule has 1 aliphatic rings. The lowest BCUT2D eigenvalue weighted by atomic mass is 10.1. The topological polar surface area (TPSA) is 39.2 Å². The first kappa shape index (κ1) is 15.7. The molecule has 1 saturated heterocycles. The smallest absolute Gasteiger partial charge is 0.178 e. The van der Waals surface area contributed by atoms with Crippen LogP contribution in [0.3, 0.4) is 0 Å². The molecule has 1 aromatic heterocycles. The van der Waals surface area contributed by atoms with Crippen LogP contribution in [0.4, 0.5) is 0 Å². The molecular formula is C15H21NO2S2. The fraction of sp³-hybridized carbons (Fsp3) is 0.600. The SMILES string of the molecule is CCCOc1cncc(C(=O)C2SCCSC2CC)c1. The first-order valence-electron chi connectivity index (χ1n) is 7.11. The summed E-state index contributed by atoms with van der Waals surface area (Å²) in [5, 5.41) is 0.475. The van der Waals surface area contributed by atoms with Crippen molar-refractivity contribution in [2.24, 2.45) is 0 Å². The third-order valence-corrected chi connectivity index (χ3v) is 6.43. The van der Waals surface area contributed by atoms with Gasteiger partial charge in [-0.3, -0.25) is 9.78 Å². The summed E-state index contributed by atoms with van der Waals surface area (Å²) in [6.07, 6.45) is 5.32. The van der Waals surface area contributed by atoms with Crippen molar-refractivity contribution in [2.45, 2.75) is 37.2 Å². The number of Topliss-reactive ketones (excluding diaryl/α,β-unsaturated/α-hetero) is 1. The Morgan fingerprint density at radius 3 is 2.90 bits per heavy atom. The average molecular weight is 311 g/mol. The number of aromatic nitrogens is 1. The van der Waals surface area contributed by atoms with Crippen LogP contribution >= 0.6 is 23.5 Å². The molecule has 0 bridgehead atoms. The van der Waals surface area contributed by atoms with Gasteiger partial charge in [-0.2, -0.15) is 11.8 Å². The van der Waals surface area contributed by atoms with Gasteiger partial charge in [0.25, 0.3) is 0 Å². The highest BCUT2D eigenvalue weighted by Crippen LogP contribution is 2.35. The molecule has 2 rings (SSSR count). The molecule has 0 saturated carbocycles. The monoisotopic (exact) mass is 311 g/mol. The van der Waals surface area contributed by atoms with Gasteiger partial charge in [0.15, 0.2) is 5.78 Å². The van der Waals surface area contributed by atoms with Crippen molar-refractivity contribution in [1.82, 2.24) is 4.98 Å².